The van der Waals surface area contributed by atoms with Gasteiger partial charge in [0, 0.05) is 41.7 Å². The minimum absolute atomic E-state index is 0.0708. The van der Waals surface area contributed by atoms with Crippen LogP contribution in [0.25, 0.3) is 0 Å². The van der Waals surface area contributed by atoms with E-state index in [9.17, 15) is 4.79 Å². The highest BCUT2D eigenvalue weighted by Gasteiger charge is 2.03. The molecule has 7 heteroatoms. The number of benzene rings is 1. The second-order valence-corrected chi connectivity index (χ2v) is 6.73. The molecular formula is C18H21N5OS. The van der Waals surface area contributed by atoms with Crippen molar-refractivity contribution in [2.24, 2.45) is 0 Å². The van der Waals surface area contributed by atoms with Gasteiger partial charge in [0.2, 0.25) is 5.95 Å². The monoisotopic (exact) mass is 355 g/mol. The molecule has 2 aromatic heterocycles. The molecule has 0 spiro atoms. The minimum atomic E-state index is -0.0708. The number of H-pyrrole nitrogens is 2. The summed E-state index contributed by atoms with van der Waals surface area (Å²) < 4.78 is 0. The third-order valence-electron chi connectivity index (χ3n) is 3.75. The highest BCUT2D eigenvalue weighted by Crippen LogP contribution is 2.09. The van der Waals surface area contributed by atoms with Crippen molar-refractivity contribution in [1.29, 1.82) is 0 Å². The average molecular weight is 355 g/mol. The molecule has 0 atom stereocenters. The summed E-state index contributed by atoms with van der Waals surface area (Å²) in [6, 6.07) is 10.1. The van der Waals surface area contributed by atoms with Gasteiger partial charge in [0.05, 0.1) is 6.33 Å². The fourth-order valence-electron chi connectivity index (χ4n) is 2.40. The molecule has 2 heterocycles. The smallest absolute Gasteiger partial charge is 0.255 e. The molecule has 0 unspecified atom stereocenters. The maximum atomic E-state index is 12.2. The lowest BCUT2D eigenvalue weighted by molar-refractivity contribution is 0.911. The van der Waals surface area contributed by atoms with Crippen molar-refractivity contribution in [2.45, 2.75) is 18.6 Å². The van der Waals surface area contributed by atoms with Crippen molar-refractivity contribution in [3.8, 4) is 0 Å². The Morgan fingerprint density at radius 2 is 2.00 bits per heavy atom. The van der Waals surface area contributed by atoms with Gasteiger partial charge in [0.25, 0.3) is 5.56 Å². The Morgan fingerprint density at radius 1 is 1.12 bits per heavy atom. The molecule has 0 radical (unpaired) electrons. The van der Waals surface area contributed by atoms with Crippen LogP contribution in [0.5, 0.6) is 0 Å². The van der Waals surface area contributed by atoms with Crippen LogP contribution >= 0.6 is 11.8 Å². The molecule has 3 rings (SSSR count). The van der Waals surface area contributed by atoms with E-state index in [1.165, 1.54) is 5.56 Å². The predicted octanol–water partition coefficient (Wildman–Crippen LogP) is 2.62. The van der Waals surface area contributed by atoms with Crippen molar-refractivity contribution in [3.05, 3.63) is 76.2 Å². The molecule has 0 aliphatic rings. The molecular weight excluding hydrogens is 334 g/mol. The lowest BCUT2D eigenvalue weighted by atomic mass is 10.1. The summed E-state index contributed by atoms with van der Waals surface area (Å²) in [5.74, 6) is 2.33. The number of anilines is 1. The second-order valence-electron chi connectivity index (χ2n) is 5.63. The van der Waals surface area contributed by atoms with Crippen LogP contribution in [-0.2, 0) is 18.6 Å². The molecule has 0 saturated heterocycles. The summed E-state index contributed by atoms with van der Waals surface area (Å²) in [6.45, 7) is 0.741. The molecule has 0 fully saturated rings. The molecule has 0 aliphatic carbocycles. The third-order valence-corrected chi connectivity index (χ3v) is 4.76. The molecule has 0 bridgehead atoms. The molecule has 1 aromatic carbocycles. The van der Waals surface area contributed by atoms with E-state index in [1.54, 1.807) is 24.3 Å². The quantitative estimate of drug-likeness (QED) is 0.514. The number of rotatable bonds is 9. The minimum Gasteiger partial charge on any atom is -0.355 e. The topological polar surface area (TPSA) is 86.5 Å². The Balaban J connectivity index is 1.42. The Labute approximate surface area is 150 Å². The van der Waals surface area contributed by atoms with Crippen LogP contribution in [0.1, 0.15) is 16.8 Å². The van der Waals surface area contributed by atoms with E-state index in [4.69, 9.17) is 0 Å². The second kappa shape index (κ2) is 9.08. The van der Waals surface area contributed by atoms with Gasteiger partial charge < -0.3 is 10.3 Å². The number of hydrogen-bond acceptors (Lipinski definition) is 5. The molecule has 130 valence electrons. The lowest BCUT2D eigenvalue weighted by Crippen LogP contribution is -2.18. The van der Waals surface area contributed by atoms with Crippen LogP contribution in [0.3, 0.4) is 0 Å². The van der Waals surface area contributed by atoms with E-state index in [0.717, 1.165) is 30.2 Å². The zero-order valence-electron chi connectivity index (χ0n) is 13.9. The van der Waals surface area contributed by atoms with Gasteiger partial charge in [-0.25, -0.2) is 9.97 Å². The molecule has 3 N–H and O–H groups in total. The summed E-state index contributed by atoms with van der Waals surface area (Å²) in [4.78, 5) is 26.3. The zero-order valence-corrected chi connectivity index (χ0v) is 14.7. The zero-order chi connectivity index (χ0) is 17.3. The number of nitrogens with zero attached hydrogens (tertiary/aromatic N) is 2. The summed E-state index contributed by atoms with van der Waals surface area (Å²) in [5, 5.41) is 3.15. The fraction of sp³-hybridized carbons (Fsp3) is 0.278. The summed E-state index contributed by atoms with van der Waals surface area (Å²) in [5.41, 5.74) is 2.97. The maximum absolute atomic E-state index is 12.2. The van der Waals surface area contributed by atoms with Gasteiger partial charge in [-0.05, 0) is 18.4 Å². The van der Waals surface area contributed by atoms with Gasteiger partial charge in [-0.15, -0.1) is 0 Å². The summed E-state index contributed by atoms with van der Waals surface area (Å²) in [7, 11) is 0. The van der Waals surface area contributed by atoms with Crippen molar-refractivity contribution in [2.75, 3.05) is 17.6 Å². The van der Waals surface area contributed by atoms with Crippen molar-refractivity contribution in [3.63, 3.8) is 0 Å². The van der Waals surface area contributed by atoms with Gasteiger partial charge in [0.15, 0.2) is 0 Å². The first-order valence-corrected chi connectivity index (χ1v) is 9.38. The number of hydrogen-bond donors (Lipinski definition) is 3. The lowest BCUT2D eigenvalue weighted by Gasteiger charge is -2.06. The van der Waals surface area contributed by atoms with Crippen molar-refractivity contribution < 1.29 is 0 Å². The molecule has 0 saturated carbocycles. The number of thioether (sulfide) groups is 1. The number of nitrogens with one attached hydrogen (secondary N) is 3. The van der Waals surface area contributed by atoms with Gasteiger partial charge in [0.1, 0.15) is 0 Å². The molecule has 3 aromatic rings. The summed E-state index contributed by atoms with van der Waals surface area (Å²) >= 11 is 1.79. The molecule has 25 heavy (non-hydrogen) atoms. The van der Waals surface area contributed by atoms with Gasteiger partial charge in [-0.1, -0.05) is 30.3 Å². The van der Waals surface area contributed by atoms with Crippen molar-refractivity contribution in [1.82, 2.24) is 19.9 Å². The van der Waals surface area contributed by atoms with E-state index in [0.29, 0.717) is 17.9 Å². The Morgan fingerprint density at radius 3 is 2.76 bits per heavy atom. The third kappa shape index (κ3) is 5.49. The largest absolute Gasteiger partial charge is 0.355 e. The van der Waals surface area contributed by atoms with Crippen LogP contribution in [0, 0.1) is 0 Å². The standard InChI is InChI=1S/C18H21N5OS/c24-17-15(7-6-14-4-2-1-3-5-14)10-21-18(23-17)20-8-9-25-12-16-11-19-13-22-16/h1-5,10-11,13H,6-9,12H2,(H,19,22)(H2,20,21,23,24). The van der Waals surface area contributed by atoms with Crippen LogP contribution in [-0.4, -0.2) is 32.2 Å². The first-order valence-electron chi connectivity index (χ1n) is 8.22. The van der Waals surface area contributed by atoms with E-state index in [2.05, 4.69) is 37.4 Å². The molecule has 6 nitrogen and oxygen atoms in total. The van der Waals surface area contributed by atoms with Gasteiger partial charge >= 0.3 is 0 Å². The van der Waals surface area contributed by atoms with E-state index in [-0.39, 0.29) is 5.56 Å². The highest BCUT2D eigenvalue weighted by atomic mass is 32.2. The average Bonchev–Trinajstić information content (AvgIpc) is 3.15. The number of aromatic amines is 2. The molecule has 0 aliphatic heterocycles. The Kier molecular flexibility index (Phi) is 6.28. The fourth-order valence-corrected chi connectivity index (χ4v) is 3.17. The van der Waals surface area contributed by atoms with Crippen LogP contribution < -0.4 is 10.9 Å². The number of imidazole rings is 1. The number of aryl methyl sites for hydroxylation is 2. The maximum Gasteiger partial charge on any atom is 0.255 e. The highest BCUT2D eigenvalue weighted by molar-refractivity contribution is 7.98. The van der Waals surface area contributed by atoms with Crippen molar-refractivity contribution >= 4 is 17.7 Å². The van der Waals surface area contributed by atoms with Gasteiger partial charge in [-0.3, -0.25) is 9.78 Å². The first-order chi connectivity index (χ1) is 12.3. The van der Waals surface area contributed by atoms with E-state index >= 15 is 0 Å². The van der Waals surface area contributed by atoms with Crippen LogP contribution in [0.15, 0.2) is 53.8 Å². The first kappa shape index (κ1) is 17.3. The predicted molar refractivity (Wildman–Crippen MR) is 102 cm³/mol. The SMILES string of the molecule is O=c1[nH]c(NCCSCc2cnc[nH]2)ncc1CCc1ccccc1. The number of aromatic nitrogens is 4. The van der Waals surface area contributed by atoms with Crippen LogP contribution in [0.2, 0.25) is 0 Å². The Bertz CT molecular complexity index is 817. The summed E-state index contributed by atoms with van der Waals surface area (Å²) in [6.07, 6.45) is 6.70. The van der Waals surface area contributed by atoms with Gasteiger partial charge in [-0.2, -0.15) is 11.8 Å². The Hall–Kier alpha value is -2.54. The van der Waals surface area contributed by atoms with E-state index < -0.39 is 0 Å². The van der Waals surface area contributed by atoms with Crippen LogP contribution in [0.4, 0.5) is 5.95 Å². The van der Waals surface area contributed by atoms with E-state index in [1.807, 2.05) is 24.4 Å². The molecule has 0 amide bonds. The normalized spacial score (nSPS) is 10.7.